The van der Waals surface area contributed by atoms with Crippen molar-refractivity contribution in [2.24, 2.45) is 0 Å². The molecule has 3 heteroatoms. The average molecular weight is 256 g/mol. The fraction of sp³-hybridized carbons (Fsp3) is 0.800. The van der Waals surface area contributed by atoms with Crippen LogP contribution >= 0.6 is 0 Å². The van der Waals surface area contributed by atoms with Gasteiger partial charge >= 0.3 is 5.97 Å². The third-order valence-corrected chi connectivity index (χ3v) is 2.83. The van der Waals surface area contributed by atoms with E-state index in [1.807, 2.05) is 6.08 Å². The monoisotopic (exact) mass is 256 g/mol. The number of esters is 1. The highest BCUT2D eigenvalue weighted by molar-refractivity contribution is 5.65. The topological polar surface area (TPSA) is 46.5 Å². The highest BCUT2D eigenvalue weighted by atomic mass is 16.5. The van der Waals surface area contributed by atoms with Crippen LogP contribution in [0.25, 0.3) is 0 Å². The van der Waals surface area contributed by atoms with Gasteiger partial charge in [0.15, 0.2) is 0 Å². The summed E-state index contributed by atoms with van der Waals surface area (Å²) in [5.41, 5.74) is 0. The zero-order valence-electron chi connectivity index (χ0n) is 11.7. The molecule has 0 unspecified atom stereocenters. The van der Waals surface area contributed by atoms with Gasteiger partial charge in [-0.3, -0.25) is 4.79 Å². The number of aliphatic hydroxyl groups is 1. The maximum Gasteiger partial charge on any atom is 0.302 e. The summed E-state index contributed by atoms with van der Waals surface area (Å²) in [6.45, 7) is 2.16. The van der Waals surface area contributed by atoms with E-state index >= 15 is 0 Å². The maximum absolute atomic E-state index is 10.5. The van der Waals surface area contributed by atoms with E-state index in [0.29, 0.717) is 13.2 Å². The second-order valence-electron chi connectivity index (χ2n) is 4.61. The van der Waals surface area contributed by atoms with Crippen molar-refractivity contribution in [3.63, 3.8) is 0 Å². The molecule has 0 aromatic heterocycles. The normalized spacial score (nSPS) is 11.0. The molecule has 0 radical (unpaired) electrons. The van der Waals surface area contributed by atoms with Gasteiger partial charge in [-0.05, 0) is 19.3 Å². The number of allylic oxidation sites excluding steroid dienone is 1. The smallest absolute Gasteiger partial charge is 0.302 e. The molecule has 0 fully saturated rings. The van der Waals surface area contributed by atoms with Crippen molar-refractivity contribution in [3.05, 3.63) is 12.2 Å². The van der Waals surface area contributed by atoms with Crippen LogP contribution in [0.2, 0.25) is 0 Å². The van der Waals surface area contributed by atoms with E-state index in [9.17, 15) is 4.79 Å². The number of ether oxygens (including phenoxy) is 1. The number of unbranched alkanes of at least 4 members (excludes halogenated alkanes) is 8. The van der Waals surface area contributed by atoms with Gasteiger partial charge in [-0.25, -0.2) is 0 Å². The molecular formula is C15H28O3. The molecule has 0 bridgehead atoms. The van der Waals surface area contributed by atoms with E-state index in [2.05, 4.69) is 6.08 Å². The Labute approximate surface area is 111 Å². The number of carbonyl (C=O) groups excluding carboxylic acids is 1. The minimum atomic E-state index is -0.221. The van der Waals surface area contributed by atoms with Crippen LogP contribution in [0, 0.1) is 0 Å². The minimum absolute atomic E-state index is 0.221. The zero-order valence-corrected chi connectivity index (χ0v) is 11.7. The fourth-order valence-electron chi connectivity index (χ4n) is 1.79. The molecule has 106 valence electrons. The first-order valence-electron chi connectivity index (χ1n) is 7.16. The first-order valence-corrected chi connectivity index (χ1v) is 7.16. The first kappa shape index (κ1) is 17.2. The van der Waals surface area contributed by atoms with Crippen LogP contribution in [-0.4, -0.2) is 24.3 Å². The van der Waals surface area contributed by atoms with Crippen LogP contribution in [0.1, 0.15) is 64.7 Å². The summed E-state index contributed by atoms with van der Waals surface area (Å²) in [4.78, 5) is 10.5. The van der Waals surface area contributed by atoms with E-state index in [1.54, 1.807) is 0 Å². The summed E-state index contributed by atoms with van der Waals surface area (Å²) in [5, 5.41) is 8.62. The van der Waals surface area contributed by atoms with Crippen molar-refractivity contribution >= 4 is 5.97 Å². The standard InChI is InChI=1S/C15H28O3/c1-15(17)18-14-12-10-8-6-4-2-3-5-7-9-11-13-16/h10,12,16H,2-9,11,13-14H2,1H3/b12-10+. The van der Waals surface area contributed by atoms with Crippen molar-refractivity contribution in [3.8, 4) is 0 Å². The quantitative estimate of drug-likeness (QED) is 0.329. The lowest BCUT2D eigenvalue weighted by Crippen LogP contribution is -1.97. The molecule has 0 aliphatic carbocycles. The van der Waals surface area contributed by atoms with Crippen molar-refractivity contribution in [2.45, 2.75) is 64.7 Å². The van der Waals surface area contributed by atoms with Gasteiger partial charge in [-0.1, -0.05) is 50.7 Å². The van der Waals surface area contributed by atoms with Gasteiger partial charge in [0, 0.05) is 13.5 Å². The van der Waals surface area contributed by atoms with Gasteiger partial charge in [0.25, 0.3) is 0 Å². The largest absolute Gasteiger partial charge is 0.462 e. The summed E-state index contributed by atoms with van der Waals surface area (Å²) in [5.74, 6) is -0.221. The van der Waals surface area contributed by atoms with E-state index < -0.39 is 0 Å². The summed E-state index contributed by atoms with van der Waals surface area (Å²) >= 11 is 0. The molecule has 0 saturated heterocycles. The molecule has 0 rings (SSSR count). The molecule has 0 atom stereocenters. The molecule has 1 N–H and O–H groups in total. The zero-order chi connectivity index (χ0) is 13.5. The second-order valence-corrected chi connectivity index (χ2v) is 4.61. The molecule has 0 heterocycles. The van der Waals surface area contributed by atoms with Gasteiger partial charge in [0.2, 0.25) is 0 Å². The van der Waals surface area contributed by atoms with Crippen molar-refractivity contribution < 1.29 is 14.6 Å². The highest BCUT2D eigenvalue weighted by Crippen LogP contribution is 2.09. The van der Waals surface area contributed by atoms with Crippen LogP contribution in [0.4, 0.5) is 0 Å². The highest BCUT2D eigenvalue weighted by Gasteiger charge is 1.91. The number of rotatable bonds is 12. The summed E-state index contributed by atoms with van der Waals surface area (Å²) in [7, 11) is 0. The van der Waals surface area contributed by atoms with Gasteiger partial charge in [-0.2, -0.15) is 0 Å². The van der Waals surface area contributed by atoms with E-state index in [0.717, 1.165) is 19.3 Å². The Bertz CT molecular complexity index is 212. The third kappa shape index (κ3) is 15.2. The summed E-state index contributed by atoms with van der Waals surface area (Å²) in [6.07, 6.45) is 14.8. The van der Waals surface area contributed by atoms with Crippen LogP contribution in [-0.2, 0) is 9.53 Å². The van der Waals surface area contributed by atoms with Gasteiger partial charge in [-0.15, -0.1) is 0 Å². The molecule has 3 nitrogen and oxygen atoms in total. The predicted molar refractivity (Wildman–Crippen MR) is 74.4 cm³/mol. The minimum Gasteiger partial charge on any atom is -0.462 e. The predicted octanol–water partition coefficient (Wildman–Crippen LogP) is 3.61. The first-order chi connectivity index (χ1) is 8.77. The lowest BCUT2D eigenvalue weighted by atomic mass is 10.1. The second kappa shape index (κ2) is 14.2. The fourth-order valence-corrected chi connectivity index (χ4v) is 1.79. The van der Waals surface area contributed by atoms with Crippen LogP contribution in [0.3, 0.4) is 0 Å². The molecular weight excluding hydrogens is 228 g/mol. The molecule has 0 aromatic rings. The van der Waals surface area contributed by atoms with Crippen molar-refractivity contribution in [1.82, 2.24) is 0 Å². The molecule has 0 aromatic carbocycles. The molecule has 0 aliphatic heterocycles. The number of hydrogen-bond acceptors (Lipinski definition) is 3. The lowest BCUT2D eigenvalue weighted by molar-refractivity contribution is -0.139. The Morgan fingerprint density at radius 3 is 2.06 bits per heavy atom. The molecule has 18 heavy (non-hydrogen) atoms. The molecule has 0 saturated carbocycles. The summed E-state index contributed by atoms with van der Waals surface area (Å²) < 4.78 is 4.79. The summed E-state index contributed by atoms with van der Waals surface area (Å²) in [6, 6.07) is 0. The SMILES string of the molecule is CC(=O)OC/C=C/CCCCCCCCCCO. The number of aliphatic hydroxyl groups excluding tert-OH is 1. The van der Waals surface area contributed by atoms with Gasteiger partial charge in [0.1, 0.15) is 6.61 Å². The molecule has 0 aliphatic rings. The Morgan fingerprint density at radius 2 is 1.50 bits per heavy atom. The molecule has 0 spiro atoms. The van der Waals surface area contributed by atoms with Crippen LogP contribution < -0.4 is 0 Å². The van der Waals surface area contributed by atoms with Crippen LogP contribution in [0.5, 0.6) is 0 Å². The Balaban J connectivity index is 3.04. The molecule has 0 amide bonds. The number of hydrogen-bond donors (Lipinski definition) is 1. The van der Waals surface area contributed by atoms with Gasteiger partial charge < -0.3 is 9.84 Å². The van der Waals surface area contributed by atoms with Gasteiger partial charge in [0.05, 0.1) is 0 Å². The average Bonchev–Trinajstić information content (AvgIpc) is 2.34. The Kier molecular flexibility index (Phi) is 13.6. The maximum atomic E-state index is 10.5. The van der Waals surface area contributed by atoms with E-state index in [4.69, 9.17) is 9.84 Å². The van der Waals surface area contributed by atoms with Crippen molar-refractivity contribution in [1.29, 1.82) is 0 Å². The Hall–Kier alpha value is -0.830. The Morgan fingerprint density at radius 1 is 0.944 bits per heavy atom. The lowest BCUT2D eigenvalue weighted by Gasteiger charge is -2.00. The van der Waals surface area contributed by atoms with E-state index in [-0.39, 0.29) is 5.97 Å². The number of carbonyl (C=O) groups is 1. The van der Waals surface area contributed by atoms with Crippen LogP contribution in [0.15, 0.2) is 12.2 Å². The van der Waals surface area contributed by atoms with Crippen molar-refractivity contribution in [2.75, 3.05) is 13.2 Å². The third-order valence-electron chi connectivity index (χ3n) is 2.83. The van der Waals surface area contributed by atoms with E-state index in [1.165, 1.54) is 45.4 Å².